The molecule has 1 heterocycles. The minimum absolute atomic E-state index is 0.0911. The summed E-state index contributed by atoms with van der Waals surface area (Å²) in [4.78, 5) is 12.5. The molecule has 7 nitrogen and oxygen atoms in total. The van der Waals surface area contributed by atoms with Crippen LogP contribution in [0, 0.1) is 0 Å². The second kappa shape index (κ2) is 11.2. The molecule has 0 radical (unpaired) electrons. The topological polar surface area (TPSA) is 81.4 Å². The Kier molecular flexibility index (Phi) is 7.85. The Morgan fingerprint density at radius 3 is 2.33 bits per heavy atom. The van der Waals surface area contributed by atoms with Gasteiger partial charge >= 0.3 is 0 Å². The Hall–Kier alpha value is -3.91. The zero-order valence-electron chi connectivity index (χ0n) is 20.8. The summed E-state index contributed by atoms with van der Waals surface area (Å²) < 4.78 is 7.23. The molecule has 8 heteroatoms. The molecule has 0 saturated heterocycles. The number of nitrogens with one attached hydrogen (secondary N) is 1. The highest BCUT2D eigenvalue weighted by atomic mass is 32.2. The maximum atomic E-state index is 12.5. The number of nitrogens with zero attached hydrogens (tertiary/aromatic N) is 4. The summed E-state index contributed by atoms with van der Waals surface area (Å²) in [7, 11) is 1.63. The van der Waals surface area contributed by atoms with Crippen LogP contribution < -0.4 is 10.2 Å². The van der Waals surface area contributed by atoms with Crippen LogP contribution in [0.2, 0.25) is 0 Å². The van der Waals surface area contributed by atoms with Crippen LogP contribution in [0.1, 0.15) is 31.9 Å². The van der Waals surface area contributed by atoms with Crippen molar-refractivity contribution in [3.05, 3.63) is 90.0 Å². The van der Waals surface area contributed by atoms with E-state index in [9.17, 15) is 4.79 Å². The first kappa shape index (κ1) is 25.2. The first-order valence-corrected chi connectivity index (χ1v) is 12.5. The molecule has 0 spiro atoms. The lowest BCUT2D eigenvalue weighted by Gasteiger charge is -2.18. The predicted molar refractivity (Wildman–Crippen MR) is 145 cm³/mol. The molecule has 0 bridgehead atoms. The summed E-state index contributed by atoms with van der Waals surface area (Å²) in [6, 6.07) is 25.6. The number of aromatic nitrogens is 3. The number of rotatable bonds is 8. The number of thioether (sulfide) groups is 1. The van der Waals surface area contributed by atoms with E-state index in [4.69, 9.17) is 4.74 Å². The van der Waals surface area contributed by atoms with E-state index in [0.29, 0.717) is 11.0 Å². The third-order valence-electron chi connectivity index (χ3n) is 5.51. The molecule has 0 fully saturated rings. The highest BCUT2D eigenvalue weighted by molar-refractivity contribution is 7.99. The van der Waals surface area contributed by atoms with Gasteiger partial charge in [-0.2, -0.15) is 5.10 Å². The van der Waals surface area contributed by atoms with E-state index in [0.717, 1.165) is 22.6 Å². The van der Waals surface area contributed by atoms with E-state index in [-0.39, 0.29) is 17.1 Å². The molecule has 0 saturated carbocycles. The van der Waals surface area contributed by atoms with Gasteiger partial charge in [-0.1, -0.05) is 87.1 Å². The highest BCUT2D eigenvalue weighted by Gasteiger charge is 2.17. The van der Waals surface area contributed by atoms with Crippen molar-refractivity contribution in [1.82, 2.24) is 20.2 Å². The molecule has 1 amide bonds. The van der Waals surface area contributed by atoms with Gasteiger partial charge in [0, 0.05) is 11.3 Å². The van der Waals surface area contributed by atoms with Gasteiger partial charge in [-0.25, -0.2) is 5.43 Å². The van der Waals surface area contributed by atoms with Gasteiger partial charge in [0.05, 0.1) is 19.1 Å². The maximum absolute atomic E-state index is 12.5. The summed E-state index contributed by atoms with van der Waals surface area (Å²) in [5.74, 6) is 1.37. The minimum atomic E-state index is -0.229. The van der Waals surface area contributed by atoms with E-state index in [1.54, 1.807) is 13.3 Å². The monoisotopic (exact) mass is 499 g/mol. The zero-order chi connectivity index (χ0) is 25.5. The van der Waals surface area contributed by atoms with Crippen molar-refractivity contribution in [3.8, 4) is 22.8 Å². The van der Waals surface area contributed by atoms with Crippen LogP contribution in [0.3, 0.4) is 0 Å². The third kappa shape index (κ3) is 6.20. The van der Waals surface area contributed by atoms with Crippen LogP contribution in [0.15, 0.2) is 89.1 Å². The Bertz CT molecular complexity index is 1330. The van der Waals surface area contributed by atoms with Gasteiger partial charge in [0.15, 0.2) is 11.0 Å². The average molecular weight is 500 g/mol. The van der Waals surface area contributed by atoms with E-state index in [1.165, 1.54) is 17.3 Å². The van der Waals surface area contributed by atoms with E-state index in [1.807, 2.05) is 71.3 Å². The lowest BCUT2D eigenvalue weighted by Crippen LogP contribution is -2.20. The number of carbonyl (C=O) groups is 1. The molecule has 3 aromatic carbocycles. The molecular formula is C28H29N5O2S. The minimum Gasteiger partial charge on any atom is -0.497 e. The number of hydrogen-bond donors (Lipinski definition) is 1. The fourth-order valence-corrected chi connectivity index (χ4v) is 4.26. The van der Waals surface area contributed by atoms with Gasteiger partial charge in [0.25, 0.3) is 5.91 Å². The Labute approximate surface area is 215 Å². The van der Waals surface area contributed by atoms with Crippen molar-refractivity contribution in [3.63, 3.8) is 0 Å². The fourth-order valence-electron chi connectivity index (χ4n) is 3.51. The van der Waals surface area contributed by atoms with E-state index < -0.39 is 0 Å². The Morgan fingerprint density at radius 1 is 1.00 bits per heavy atom. The molecule has 36 heavy (non-hydrogen) atoms. The maximum Gasteiger partial charge on any atom is 0.250 e. The lowest BCUT2D eigenvalue weighted by atomic mass is 9.87. The van der Waals surface area contributed by atoms with E-state index in [2.05, 4.69) is 53.6 Å². The van der Waals surface area contributed by atoms with Crippen molar-refractivity contribution in [1.29, 1.82) is 0 Å². The summed E-state index contributed by atoms with van der Waals surface area (Å²) in [6.07, 6.45) is 1.64. The van der Waals surface area contributed by atoms with Crippen molar-refractivity contribution >= 4 is 23.9 Å². The number of ether oxygens (including phenoxy) is 1. The summed E-state index contributed by atoms with van der Waals surface area (Å²) >= 11 is 1.30. The van der Waals surface area contributed by atoms with Crippen LogP contribution >= 0.6 is 11.8 Å². The van der Waals surface area contributed by atoms with Crippen LogP contribution in [0.5, 0.6) is 5.75 Å². The second-order valence-electron chi connectivity index (χ2n) is 9.16. The van der Waals surface area contributed by atoms with Crippen LogP contribution in [-0.4, -0.2) is 39.7 Å². The summed E-state index contributed by atoms with van der Waals surface area (Å²) in [5, 5.41) is 13.5. The van der Waals surface area contributed by atoms with Gasteiger partial charge in [0.1, 0.15) is 5.75 Å². The van der Waals surface area contributed by atoms with Crippen LogP contribution in [0.4, 0.5) is 0 Å². The quantitative estimate of drug-likeness (QED) is 0.197. The molecule has 0 unspecified atom stereocenters. The third-order valence-corrected chi connectivity index (χ3v) is 6.44. The first-order chi connectivity index (χ1) is 17.3. The number of methoxy groups -OCH3 is 1. The Balaban J connectivity index is 1.45. The van der Waals surface area contributed by atoms with Crippen LogP contribution in [-0.2, 0) is 10.2 Å². The standard InChI is InChI=1S/C28H29N5O2S/c1-28(2,3)22-12-10-20(11-13-22)18-29-30-25(34)19-36-27-32-31-26(21-8-6-5-7-9-21)33(27)23-14-16-24(35-4)17-15-23/h5-18H,19H2,1-4H3,(H,30,34)/b29-18-. The summed E-state index contributed by atoms with van der Waals surface area (Å²) in [6.45, 7) is 6.52. The first-order valence-electron chi connectivity index (χ1n) is 11.6. The molecule has 4 rings (SSSR count). The predicted octanol–water partition coefficient (Wildman–Crippen LogP) is 5.48. The molecule has 184 valence electrons. The lowest BCUT2D eigenvalue weighted by molar-refractivity contribution is -0.118. The molecular weight excluding hydrogens is 470 g/mol. The van der Waals surface area contributed by atoms with Gasteiger partial charge in [-0.05, 0) is 40.8 Å². The zero-order valence-corrected chi connectivity index (χ0v) is 21.6. The van der Waals surface area contributed by atoms with Gasteiger partial charge < -0.3 is 4.74 Å². The summed E-state index contributed by atoms with van der Waals surface area (Å²) in [5.41, 5.74) is 6.66. The number of hydrogen-bond acceptors (Lipinski definition) is 6. The van der Waals surface area contributed by atoms with Crippen molar-refractivity contribution in [2.24, 2.45) is 5.10 Å². The van der Waals surface area contributed by atoms with Gasteiger partial charge in [0.2, 0.25) is 0 Å². The van der Waals surface area contributed by atoms with Crippen molar-refractivity contribution < 1.29 is 9.53 Å². The highest BCUT2D eigenvalue weighted by Crippen LogP contribution is 2.28. The number of hydrazone groups is 1. The smallest absolute Gasteiger partial charge is 0.250 e. The van der Waals surface area contributed by atoms with Gasteiger partial charge in [-0.15, -0.1) is 10.2 Å². The Morgan fingerprint density at radius 2 is 1.69 bits per heavy atom. The second-order valence-corrected chi connectivity index (χ2v) is 10.1. The largest absolute Gasteiger partial charge is 0.497 e. The molecule has 0 atom stereocenters. The number of amides is 1. The average Bonchev–Trinajstić information content (AvgIpc) is 3.32. The SMILES string of the molecule is COc1ccc(-n2c(SCC(=O)N/N=C\c3ccc(C(C)(C)C)cc3)nnc2-c2ccccc2)cc1. The molecule has 0 aliphatic carbocycles. The van der Waals surface area contributed by atoms with Crippen molar-refractivity contribution in [2.75, 3.05) is 12.9 Å². The molecule has 1 aromatic heterocycles. The van der Waals surface area contributed by atoms with Crippen LogP contribution in [0.25, 0.3) is 17.1 Å². The fraction of sp³-hybridized carbons (Fsp3) is 0.214. The molecule has 4 aromatic rings. The van der Waals surface area contributed by atoms with E-state index >= 15 is 0 Å². The van der Waals surface area contributed by atoms with Crippen molar-refractivity contribution in [2.45, 2.75) is 31.3 Å². The number of benzene rings is 3. The molecule has 0 aliphatic rings. The van der Waals surface area contributed by atoms with Gasteiger partial charge in [-0.3, -0.25) is 9.36 Å². The number of carbonyl (C=O) groups excluding carboxylic acids is 1. The molecule has 0 aliphatic heterocycles. The normalized spacial score (nSPS) is 11.6. The molecule has 1 N–H and O–H groups in total.